The summed E-state index contributed by atoms with van der Waals surface area (Å²) >= 11 is 18.6. The number of rotatable bonds is 6. The van der Waals surface area contributed by atoms with Gasteiger partial charge < -0.3 is 10.1 Å². The van der Waals surface area contributed by atoms with E-state index in [0.29, 0.717) is 34.0 Å². The van der Waals surface area contributed by atoms with Gasteiger partial charge in [-0.1, -0.05) is 59.1 Å². The lowest BCUT2D eigenvalue weighted by atomic mass is 10.1. The molecule has 3 aromatic rings. The van der Waals surface area contributed by atoms with Crippen LogP contribution in [0, 0.1) is 13.8 Å². The topological polar surface area (TPSA) is 21.3 Å². The lowest BCUT2D eigenvalue weighted by Crippen LogP contribution is -2.05. The van der Waals surface area contributed by atoms with Crippen molar-refractivity contribution in [1.29, 1.82) is 0 Å². The fourth-order valence-electron chi connectivity index (χ4n) is 2.78. The summed E-state index contributed by atoms with van der Waals surface area (Å²) in [4.78, 5) is 0. The largest absolute Gasteiger partial charge is 0.487 e. The monoisotopic (exact) mass is 419 g/mol. The molecule has 0 aliphatic rings. The summed E-state index contributed by atoms with van der Waals surface area (Å²) in [5, 5.41) is 5.23. The Kier molecular flexibility index (Phi) is 6.54. The molecule has 0 saturated carbocycles. The number of anilines is 1. The van der Waals surface area contributed by atoms with Crippen LogP contribution in [-0.4, -0.2) is 0 Å². The quantitative estimate of drug-likeness (QED) is 0.447. The van der Waals surface area contributed by atoms with E-state index in [0.717, 1.165) is 16.8 Å². The Balaban J connectivity index is 1.79. The predicted octanol–water partition coefficient (Wildman–Crippen LogP) is 7.45. The first-order valence-electron chi connectivity index (χ1n) is 8.59. The number of halogens is 3. The third-order valence-electron chi connectivity index (χ3n) is 4.46. The van der Waals surface area contributed by atoms with Crippen LogP contribution in [0.2, 0.25) is 15.1 Å². The van der Waals surface area contributed by atoms with Crippen molar-refractivity contribution in [2.24, 2.45) is 0 Å². The first-order chi connectivity index (χ1) is 12.9. The van der Waals surface area contributed by atoms with Gasteiger partial charge in [-0.25, -0.2) is 0 Å². The van der Waals surface area contributed by atoms with Gasteiger partial charge in [0.15, 0.2) is 0 Å². The molecule has 140 valence electrons. The van der Waals surface area contributed by atoms with Gasteiger partial charge in [-0.15, -0.1) is 0 Å². The summed E-state index contributed by atoms with van der Waals surface area (Å²) < 4.78 is 6.02. The van der Waals surface area contributed by atoms with E-state index in [9.17, 15) is 0 Å². The Morgan fingerprint density at radius 3 is 2.37 bits per heavy atom. The molecule has 0 spiro atoms. The molecule has 0 radical (unpaired) electrons. The van der Waals surface area contributed by atoms with E-state index in [1.54, 1.807) is 6.07 Å². The molecule has 0 fully saturated rings. The van der Waals surface area contributed by atoms with Crippen LogP contribution in [0.15, 0.2) is 54.6 Å². The van der Waals surface area contributed by atoms with Crippen molar-refractivity contribution in [2.75, 3.05) is 5.32 Å². The highest BCUT2D eigenvalue weighted by molar-refractivity contribution is 6.35. The smallest absolute Gasteiger partial charge is 0.143 e. The average Bonchev–Trinajstić information content (AvgIpc) is 2.63. The van der Waals surface area contributed by atoms with E-state index in [4.69, 9.17) is 39.5 Å². The molecule has 0 aliphatic carbocycles. The first kappa shape index (κ1) is 19.9. The Bertz CT molecular complexity index is 939. The third-order valence-corrected chi connectivity index (χ3v) is 5.21. The van der Waals surface area contributed by atoms with Gasteiger partial charge in [0.05, 0.1) is 5.02 Å². The van der Waals surface area contributed by atoms with Gasteiger partial charge in [-0.05, 0) is 60.9 Å². The fourth-order valence-corrected chi connectivity index (χ4v) is 3.49. The van der Waals surface area contributed by atoms with Crippen LogP contribution in [0.25, 0.3) is 0 Å². The predicted molar refractivity (Wildman–Crippen MR) is 115 cm³/mol. The molecule has 5 heteroatoms. The summed E-state index contributed by atoms with van der Waals surface area (Å²) in [5.41, 5.74) is 5.45. The van der Waals surface area contributed by atoms with Crippen LogP contribution >= 0.6 is 34.8 Å². The highest BCUT2D eigenvalue weighted by atomic mass is 35.5. The maximum absolute atomic E-state index is 6.41. The van der Waals surface area contributed by atoms with Crippen molar-refractivity contribution in [1.82, 2.24) is 0 Å². The van der Waals surface area contributed by atoms with Crippen molar-refractivity contribution in [3.05, 3.63) is 91.9 Å². The molecule has 0 amide bonds. The van der Waals surface area contributed by atoms with Crippen molar-refractivity contribution < 1.29 is 4.74 Å². The highest BCUT2D eigenvalue weighted by Crippen LogP contribution is 2.34. The standard InChI is InChI=1S/C22H20Cl3NO/c1-14-4-3-5-21(15(14)2)26-12-17-10-19(24)11-20(25)22(17)27-13-16-6-8-18(23)9-7-16/h3-11,26H,12-13H2,1-2H3. The summed E-state index contributed by atoms with van der Waals surface area (Å²) in [6.07, 6.45) is 0. The van der Waals surface area contributed by atoms with E-state index in [1.807, 2.05) is 36.4 Å². The summed E-state index contributed by atoms with van der Waals surface area (Å²) in [5.74, 6) is 0.633. The van der Waals surface area contributed by atoms with Crippen molar-refractivity contribution >= 4 is 40.5 Å². The minimum absolute atomic E-state index is 0.398. The molecular formula is C22H20Cl3NO. The zero-order valence-electron chi connectivity index (χ0n) is 15.2. The van der Waals surface area contributed by atoms with Crippen molar-refractivity contribution in [3.8, 4) is 5.75 Å². The normalized spacial score (nSPS) is 10.7. The maximum atomic E-state index is 6.41. The Morgan fingerprint density at radius 1 is 0.889 bits per heavy atom. The van der Waals surface area contributed by atoms with Gasteiger partial charge in [0, 0.05) is 27.8 Å². The van der Waals surface area contributed by atoms with Crippen LogP contribution in [0.1, 0.15) is 22.3 Å². The van der Waals surface area contributed by atoms with Crippen molar-refractivity contribution in [2.45, 2.75) is 27.0 Å². The van der Waals surface area contributed by atoms with Gasteiger partial charge in [-0.2, -0.15) is 0 Å². The molecule has 0 aliphatic heterocycles. The molecule has 0 heterocycles. The van der Waals surface area contributed by atoms with E-state index in [2.05, 4.69) is 31.3 Å². The number of hydrogen-bond acceptors (Lipinski definition) is 2. The number of aryl methyl sites for hydroxylation is 1. The molecular weight excluding hydrogens is 401 g/mol. The molecule has 0 bridgehead atoms. The molecule has 3 rings (SSSR count). The van der Waals surface area contributed by atoms with Crippen LogP contribution in [0.4, 0.5) is 5.69 Å². The zero-order valence-corrected chi connectivity index (χ0v) is 17.4. The maximum Gasteiger partial charge on any atom is 0.143 e. The van der Waals surface area contributed by atoms with Crippen LogP contribution < -0.4 is 10.1 Å². The molecule has 27 heavy (non-hydrogen) atoms. The molecule has 0 unspecified atom stereocenters. The van der Waals surface area contributed by atoms with Crippen molar-refractivity contribution in [3.63, 3.8) is 0 Å². The molecule has 2 nitrogen and oxygen atoms in total. The van der Waals surface area contributed by atoms with Gasteiger partial charge >= 0.3 is 0 Å². The van der Waals surface area contributed by atoms with Crippen LogP contribution in [-0.2, 0) is 13.2 Å². The summed E-state index contributed by atoms with van der Waals surface area (Å²) in [7, 11) is 0. The minimum Gasteiger partial charge on any atom is -0.487 e. The molecule has 3 aromatic carbocycles. The van der Waals surface area contributed by atoms with Gasteiger partial charge in [0.1, 0.15) is 12.4 Å². The molecule has 1 N–H and O–H groups in total. The van der Waals surface area contributed by atoms with Gasteiger partial charge in [-0.3, -0.25) is 0 Å². The van der Waals surface area contributed by atoms with E-state index in [1.165, 1.54) is 11.1 Å². The zero-order chi connectivity index (χ0) is 19.4. The first-order valence-corrected chi connectivity index (χ1v) is 9.72. The highest BCUT2D eigenvalue weighted by Gasteiger charge is 2.12. The van der Waals surface area contributed by atoms with E-state index < -0.39 is 0 Å². The second-order valence-electron chi connectivity index (χ2n) is 6.39. The number of hydrogen-bond donors (Lipinski definition) is 1. The minimum atomic E-state index is 0.398. The molecule has 0 aromatic heterocycles. The lowest BCUT2D eigenvalue weighted by Gasteiger charge is -2.16. The van der Waals surface area contributed by atoms with Gasteiger partial charge in [0.2, 0.25) is 0 Å². The summed E-state index contributed by atoms with van der Waals surface area (Å²) in [6.45, 7) is 5.15. The number of nitrogens with one attached hydrogen (secondary N) is 1. The average molecular weight is 421 g/mol. The second kappa shape index (κ2) is 8.88. The third kappa shape index (κ3) is 5.10. The van der Waals surface area contributed by atoms with Gasteiger partial charge in [0.25, 0.3) is 0 Å². The van der Waals surface area contributed by atoms with E-state index >= 15 is 0 Å². The molecule has 0 atom stereocenters. The Labute approximate surface area is 175 Å². The number of ether oxygens (including phenoxy) is 1. The second-order valence-corrected chi connectivity index (χ2v) is 7.67. The van der Waals surface area contributed by atoms with Crippen LogP contribution in [0.5, 0.6) is 5.75 Å². The number of benzene rings is 3. The Morgan fingerprint density at radius 2 is 1.63 bits per heavy atom. The van der Waals surface area contributed by atoms with Crippen LogP contribution in [0.3, 0.4) is 0 Å². The Hall–Kier alpha value is -1.87. The lowest BCUT2D eigenvalue weighted by molar-refractivity contribution is 0.303. The molecule has 0 saturated heterocycles. The summed E-state index contributed by atoms with van der Waals surface area (Å²) in [6, 6.07) is 17.3. The van der Waals surface area contributed by atoms with E-state index in [-0.39, 0.29) is 0 Å². The fraction of sp³-hybridized carbons (Fsp3) is 0.182. The SMILES string of the molecule is Cc1cccc(NCc2cc(Cl)cc(Cl)c2OCc2ccc(Cl)cc2)c1C.